The Morgan fingerprint density at radius 3 is 2.43 bits per heavy atom. The number of rotatable bonds is 7. The molecular formula is C31H29N3O3. The summed E-state index contributed by atoms with van der Waals surface area (Å²) >= 11 is 0. The van der Waals surface area contributed by atoms with E-state index < -0.39 is 5.91 Å². The minimum absolute atomic E-state index is 0.0972. The number of nitrogens with zero attached hydrogens (tertiary/aromatic N) is 1. The first-order valence-corrected chi connectivity index (χ1v) is 12.4. The van der Waals surface area contributed by atoms with Crippen LogP contribution < -0.4 is 20.7 Å². The molecule has 37 heavy (non-hydrogen) atoms. The first-order valence-electron chi connectivity index (χ1n) is 12.4. The van der Waals surface area contributed by atoms with E-state index in [0.717, 1.165) is 34.5 Å². The first kappa shape index (κ1) is 24.1. The number of benzene rings is 4. The van der Waals surface area contributed by atoms with Gasteiger partial charge in [-0.2, -0.15) is 0 Å². The van der Waals surface area contributed by atoms with Gasteiger partial charge in [0.2, 0.25) is 5.91 Å². The lowest BCUT2D eigenvalue weighted by Crippen LogP contribution is -2.32. The van der Waals surface area contributed by atoms with Crippen LogP contribution in [0.1, 0.15) is 44.8 Å². The zero-order valence-corrected chi connectivity index (χ0v) is 20.7. The van der Waals surface area contributed by atoms with Gasteiger partial charge in [-0.25, -0.2) is 0 Å². The standard InChI is InChI=1S/C31H29N3O3/c1-21(23-7-3-2-4-8-23)33-31(36)25-15-16-28-29(19-25)37-18-17-34(28)20-22-11-13-24(14-12-22)26-9-5-6-10-27(26)30(32)35/h2-16,19,21H,17-18,20H2,1H3,(H2,32,35)(H,33,36). The maximum absolute atomic E-state index is 12.9. The van der Waals surface area contributed by atoms with E-state index in [0.29, 0.717) is 30.0 Å². The lowest BCUT2D eigenvalue weighted by atomic mass is 9.98. The molecule has 1 aliphatic heterocycles. The predicted molar refractivity (Wildman–Crippen MR) is 146 cm³/mol. The number of ether oxygens (including phenoxy) is 1. The fraction of sp³-hybridized carbons (Fsp3) is 0.161. The van der Waals surface area contributed by atoms with Crippen LogP contribution in [0.25, 0.3) is 11.1 Å². The van der Waals surface area contributed by atoms with E-state index in [9.17, 15) is 9.59 Å². The van der Waals surface area contributed by atoms with Crippen LogP contribution in [0, 0.1) is 0 Å². The van der Waals surface area contributed by atoms with Gasteiger partial charge in [-0.05, 0) is 53.4 Å². The number of hydrogen-bond acceptors (Lipinski definition) is 4. The molecule has 0 saturated carbocycles. The van der Waals surface area contributed by atoms with Crippen molar-refractivity contribution in [2.45, 2.75) is 19.5 Å². The second-order valence-corrected chi connectivity index (χ2v) is 9.17. The second kappa shape index (κ2) is 10.6. The van der Waals surface area contributed by atoms with Crippen LogP contribution in [-0.4, -0.2) is 25.0 Å². The fourth-order valence-corrected chi connectivity index (χ4v) is 4.65. The Labute approximate surface area is 216 Å². The highest BCUT2D eigenvalue weighted by Gasteiger charge is 2.21. The smallest absolute Gasteiger partial charge is 0.251 e. The molecule has 6 heteroatoms. The van der Waals surface area contributed by atoms with E-state index in [1.807, 2.05) is 85.8 Å². The van der Waals surface area contributed by atoms with Crippen LogP contribution in [0.15, 0.2) is 97.1 Å². The molecule has 186 valence electrons. The SMILES string of the molecule is CC(NC(=O)c1ccc2c(c1)OCCN2Cc1ccc(-c2ccccc2C(N)=O)cc1)c1ccccc1. The zero-order chi connectivity index (χ0) is 25.8. The van der Waals surface area contributed by atoms with Crippen LogP contribution in [0.5, 0.6) is 5.75 Å². The summed E-state index contributed by atoms with van der Waals surface area (Å²) in [6.45, 7) is 3.96. The van der Waals surface area contributed by atoms with Crippen molar-refractivity contribution in [3.8, 4) is 16.9 Å². The van der Waals surface area contributed by atoms with Crippen molar-refractivity contribution in [3.05, 3.63) is 119 Å². The summed E-state index contributed by atoms with van der Waals surface area (Å²) in [7, 11) is 0. The van der Waals surface area contributed by atoms with E-state index in [4.69, 9.17) is 10.5 Å². The third-order valence-corrected chi connectivity index (χ3v) is 6.66. The molecule has 0 bridgehead atoms. The van der Waals surface area contributed by atoms with Crippen LogP contribution in [0.3, 0.4) is 0 Å². The molecule has 6 nitrogen and oxygen atoms in total. The van der Waals surface area contributed by atoms with E-state index in [-0.39, 0.29) is 11.9 Å². The van der Waals surface area contributed by atoms with Crippen LogP contribution in [0.2, 0.25) is 0 Å². The van der Waals surface area contributed by atoms with Crippen molar-refractivity contribution >= 4 is 17.5 Å². The van der Waals surface area contributed by atoms with E-state index in [1.54, 1.807) is 6.07 Å². The maximum atomic E-state index is 12.9. The van der Waals surface area contributed by atoms with Crippen molar-refractivity contribution in [1.29, 1.82) is 0 Å². The molecule has 0 aromatic heterocycles. The summed E-state index contributed by atoms with van der Waals surface area (Å²) in [4.78, 5) is 26.9. The molecule has 2 amide bonds. The van der Waals surface area contributed by atoms with Crippen molar-refractivity contribution in [3.63, 3.8) is 0 Å². The molecule has 5 rings (SSSR count). The Bertz CT molecular complexity index is 1420. The highest BCUT2D eigenvalue weighted by molar-refractivity contribution is 5.99. The highest BCUT2D eigenvalue weighted by Crippen LogP contribution is 2.34. The van der Waals surface area contributed by atoms with E-state index in [2.05, 4.69) is 22.3 Å². The normalized spacial score (nSPS) is 13.3. The Morgan fingerprint density at radius 1 is 0.946 bits per heavy atom. The third-order valence-electron chi connectivity index (χ3n) is 6.66. The largest absolute Gasteiger partial charge is 0.490 e. The number of fused-ring (bicyclic) bond motifs is 1. The number of primary amides is 1. The Morgan fingerprint density at radius 2 is 1.68 bits per heavy atom. The van der Waals surface area contributed by atoms with Gasteiger partial charge in [0.25, 0.3) is 5.91 Å². The zero-order valence-electron chi connectivity index (χ0n) is 20.7. The second-order valence-electron chi connectivity index (χ2n) is 9.17. The molecule has 0 saturated heterocycles. The topological polar surface area (TPSA) is 84.7 Å². The van der Waals surface area contributed by atoms with E-state index in [1.165, 1.54) is 0 Å². The minimum atomic E-state index is -0.438. The van der Waals surface area contributed by atoms with Gasteiger partial charge >= 0.3 is 0 Å². The molecule has 1 unspecified atom stereocenters. The maximum Gasteiger partial charge on any atom is 0.251 e. The molecule has 1 aliphatic rings. The van der Waals surface area contributed by atoms with Crippen molar-refractivity contribution < 1.29 is 14.3 Å². The third kappa shape index (κ3) is 5.33. The monoisotopic (exact) mass is 491 g/mol. The number of hydrogen-bond donors (Lipinski definition) is 2. The number of carbonyl (C=O) groups is 2. The van der Waals surface area contributed by atoms with Crippen molar-refractivity contribution in [2.24, 2.45) is 5.73 Å². The number of amides is 2. The minimum Gasteiger partial charge on any atom is -0.490 e. The average molecular weight is 492 g/mol. The molecule has 0 aliphatic carbocycles. The number of anilines is 1. The quantitative estimate of drug-likeness (QED) is 0.365. The van der Waals surface area contributed by atoms with Crippen molar-refractivity contribution in [2.75, 3.05) is 18.1 Å². The predicted octanol–water partition coefficient (Wildman–Crippen LogP) is 5.34. The molecule has 1 heterocycles. The molecule has 4 aromatic carbocycles. The summed E-state index contributed by atoms with van der Waals surface area (Å²) in [5.74, 6) is 0.136. The Kier molecular flexibility index (Phi) is 6.90. The summed E-state index contributed by atoms with van der Waals surface area (Å²) in [6, 6.07) is 30.9. The first-order chi connectivity index (χ1) is 18.0. The highest BCUT2D eigenvalue weighted by atomic mass is 16.5. The lowest BCUT2D eigenvalue weighted by Gasteiger charge is -2.31. The lowest BCUT2D eigenvalue weighted by molar-refractivity contribution is 0.0938. The molecule has 0 fully saturated rings. The molecule has 3 N–H and O–H groups in total. The average Bonchev–Trinajstić information content (AvgIpc) is 2.93. The number of carbonyl (C=O) groups excluding carboxylic acids is 2. The van der Waals surface area contributed by atoms with Gasteiger partial charge in [-0.3, -0.25) is 9.59 Å². The fourth-order valence-electron chi connectivity index (χ4n) is 4.65. The summed E-state index contributed by atoms with van der Waals surface area (Å²) in [5.41, 5.74) is 11.5. The van der Waals surface area contributed by atoms with Crippen LogP contribution in [-0.2, 0) is 6.54 Å². The van der Waals surface area contributed by atoms with Gasteiger partial charge in [0.15, 0.2) is 0 Å². The Hall–Kier alpha value is -4.58. The summed E-state index contributed by atoms with van der Waals surface area (Å²) < 4.78 is 5.92. The molecule has 0 spiro atoms. The van der Waals surface area contributed by atoms with Crippen molar-refractivity contribution in [1.82, 2.24) is 5.32 Å². The summed E-state index contributed by atoms with van der Waals surface area (Å²) in [5, 5.41) is 3.06. The van der Waals surface area contributed by atoms with Gasteiger partial charge in [0.1, 0.15) is 12.4 Å². The molecular weight excluding hydrogens is 462 g/mol. The van der Waals surface area contributed by atoms with Gasteiger partial charge in [0.05, 0.1) is 18.3 Å². The van der Waals surface area contributed by atoms with Gasteiger partial charge < -0.3 is 20.7 Å². The van der Waals surface area contributed by atoms with E-state index >= 15 is 0 Å². The van der Waals surface area contributed by atoms with Gasteiger partial charge in [-0.1, -0.05) is 72.8 Å². The van der Waals surface area contributed by atoms with Gasteiger partial charge in [0, 0.05) is 17.7 Å². The number of nitrogens with one attached hydrogen (secondary N) is 1. The molecule has 0 radical (unpaired) electrons. The van der Waals surface area contributed by atoms with Crippen LogP contribution >= 0.6 is 0 Å². The molecule has 4 aromatic rings. The summed E-state index contributed by atoms with van der Waals surface area (Å²) in [6.07, 6.45) is 0. The van der Waals surface area contributed by atoms with Gasteiger partial charge in [-0.15, -0.1) is 0 Å². The number of nitrogens with two attached hydrogens (primary N) is 1. The Balaban J connectivity index is 1.29. The van der Waals surface area contributed by atoms with Crippen LogP contribution in [0.4, 0.5) is 5.69 Å². The molecule has 1 atom stereocenters.